The van der Waals surface area contributed by atoms with E-state index in [2.05, 4.69) is 11.4 Å². The third-order valence-corrected chi connectivity index (χ3v) is 3.34. The van der Waals surface area contributed by atoms with Crippen LogP contribution in [0.2, 0.25) is 0 Å². The van der Waals surface area contributed by atoms with Crippen molar-refractivity contribution in [3.63, 3.8) is 0 Å². The topological polar surface area (TPSA) is 96.0 Å². The molecule has 0 atom stereocenters. The van der Waals surface area contributed by atoms with Crippen molar-refractivity contribution in [1.29, 1.82) is 5.26 Å². The van der Waals surface area contributed by atoms with Crippen molar-refractivity contribution in [1.82, 2.24) is 5.32 Å². The third kappa shape index (κ3) is 2.71. The number of carbonyl (C=O) groups excluding carboxylic acids is 1. The summed E-state index contributed by atoms with van der Waals surface area (Å²) >= 11 is 0. The molecule has 0 unspecified atom stereocenters. The quantitative estimate of drug-likeness (QED) is 0.657. The van der Waals surface area contributed by atoms with Gasteiger partial charge in [0.15, 0.2) is 0 Å². The Hall–Kier alpha value is -2.42. The number of nitrogens with one attached hydrogen (secondary N) is 1. The van der Waals surface area contributed by atoms with E-state index >= 15 is 0 Å². The van der Waals surface area contributed by atoms with Gasteiger partial charge in [-0.1, -0.05) is 18.2 Å². The Balaban J connectivity index is 2.08. The summed E-state index contributed by atoms with van der Waals surface area (Å²) in [4.78, 5) is 22.2. The molecule has 0 aliphatic heterocycles. The van der Waals surface area contributed by atoms with Crippen molar-refractivity contribution >= 4 is 11.6 Å². The Labute approximate surface area is 110 Å². The van der Waals surface area contributed by atoms with Gasteiger partial charge in [0.2, 0.25) is 5.91 Å². The van der Waals surface area contributed by atoms with Gasteiger partial charge in [-0.05, 0) is 19.3 Å². The lowest BCUT2D eigenvalue weighted by Crippen LogP contribution is -2.52. The molecule has 1 aromatic rings. The maximum absolute atomic E-state index is 11.9. The van der Waals surface area contributed by atoms with Crippen molar-refractivity contribution < 1.29 is 9.72 Å². The van der Waals surface area contributed by atoms with Gasteiger partial charge in [-0.3, -0.25) is 14.9 Å². The number of rotatable bonds is 4. The van der Waals surface area contributed by atoms with E-state index in [9.17, 15) is 14.9 Å². The molecule has 19 heavy (non-hydrogen) atoms. The van der Waals surface area contributed by atoms with Crippen LogP contribution >= 0.6 is 0 Å². The van der Waals surface area contributed by atoms with Crippen LogP contribution in [0.15, 0.2) is 24.3 Å². The van der Waals surface area contributed by atoms with Crippen LogP contribution in [-0.4, -0.2) is 16.4 Å². The first-order valence-electron chi connectivity index (χ1n) is 6.01. The number of amides is 1. The fourth-order valence-electron chi connectivity index (χ4n) is 2.12. The Bertz CT molecular complexity index is 558. The van der Waals surface area contributed by atoms with Crippen LogP contribution in [0.4, 0.5) is 5.69 Å². The highest BCUT2D eigenvalue weighted by atomic mass is 16.6. The third-order valence-electron chi connectivity index (χ3n) is 3.34. The maximum Gasteiger partial charge on any atom is 0.273 e. The molecule has 1 N–H and O–H groups in total. The lowest BCUT2D eigenvalue weighted by atomic mass is 9.78. The Kier molecular flexibility index (Phi) is 3.47. The molecular weight excluding hydrogens is 246 g/mol. The summed E-state index contributed by atoms with van der Waals surface area (Å²) in [5, 5.41) is 22.5. The lowest BCUT2D eigenvalue weighted by molar-refractivity contribution is -0.385. The van der Waals surface area contributed by atoms with E-state index in [1.807, 2.05) is 0 Å². The molecule has 1 aromatic carbocycles. The number of nitro benzene ring substituents is 1. The smallest absolute Gasteiger partial charge is 0.273 e. The van der Waals surface area contributed by atoms with Crippen LogP contribution in [0.25, 0.3) is 0 Å². The summed E-state index contributed by atoms with van der Waals surface area (Å²) in [6.45, 7) is 0. The Morgan fingerprint density at radius 3 is 2.68 bits per heavy atom. The number of benzene rings is 1. The fraction of sp³-hybridized carbons (Fsp3) is 0.385. The average Bonchev–Trinajstić information content (AvgIpc) is 2.34. The van der Waals surface area contributed by atoms with Crippen LogP contribution < -0.4 is 5.32 Å². The van der Waals surface area contributed by atoms with Crippen molar-refractivity contribution in [2.75, 3.05) is 0 Å². The van der Waals surface area contributed by atoms with E-state index in [-0.39, 0.29) is 18.0 Å². The minimum Gasteiger partial charge on any atom is -0.338 e. The molecule has 0 bridgehead atoms. The second-order valence-electron chi connectivity index (χ2n) is 4.66. The van der Waals surface area contributed by atoms with Crippen LogP contribution in [0.5, 0.6) is 0 Å². The average molecular weight is 259 g/mol. The Morgan fingerprint density at radius 1 is 1.47 bits per heavy atom. The number of hydrogen-bond donors (Lipinski definition) is 1. The molecule has 0 radical (unpaired) electrons. The predicted molar refractivity (Wildman–Crippen MR) is 67.1 cm³/mol. The summed E-state index contributed by atoms with van der Waals surface area (Å²) in [5.41, 5.74) is -0.477. The molecule has 1 aliphatic carbocycles. The van der Waals surface area contributed by atoms with Gasteiger partial charge < -0.3 is 5.32 Å². The summed E-state index contributed by atoms with van der Waals surface area (Å²) in [6, 6.07) is 8.23. The van der Waals surface area contributed by atoms with Crippen molar-refractivity contribution in [3.05, 3.63) is 39.9 Å². The van der Waals surface area contributed by atoms with Gasteiger partial charge in [-0.25, -0.2) is 0 Å². The second kappa shape index (κ2) is 5.06. The van der Waals surface area contributed by atoms with Crippen LogP contribution in [0.1, 0.15) is 24.8 Å². The zero-order valence-corrected chi connectivity index (χ0v) is 10.3. The zero-order chi connectivity index (χ0) is 13.9. The van der Waals surface area contributed by atoms with Crippen LogP contribution in [0.3, 0.4) is 0 Å². The Morgan fingerprint density at radius 2 is 2.16 bits per heavy atom. The predicted octanol–water partition coefficient (Wildman–Crippen LogP) is 1.70. The molecule has 0 heterocycles. The van der Waals surface area contributed by atoms with Gasteiger partial charge in [0.25, 0.3) is 5.69 Å². The SMILES string of the molecule is N#CC1(NC(=O)Cc2ccccc2[N+](=O)[O-])CCC1. The molecule has 1 aliphatic rings. The molecule has 0 aromatic heterocycles. The van der Waals surface area contributed by atoms with Crippen LogP contribution in [0, 0.1) is 21.4 Å². The van der Waals surface area contributed by atoms with E-state index < -0.39 is 10.5 Å². The number of para-hydroxylation sites is 1. The molecule has 6 nitrogen and oxygen atoms in total. The molecule has 1 amide bonds. The number of nitriles is 1. The molecular formula is C13H13N3O3. The normalized spacial score (nSPS) is 15.9. The van der Waals surface area contributed by atoms with Gasteiger partial charge >= 0.3 is 0 Å². The highest BCUT2D eigenvalue weighted by molar-refractivity contribution is 5.81. The number of hydrogen-bond acceptors (Lipinski definition) is 4. The van der Waals surface area contributed by atoms with Gasteiger partial charge in [-0.2, -0.15) is 5.26 Å². The fourth-order valence-corrected chi connectivity index (χ4v) is 2.12. The highest BCUT2D eigenvalue weighted by Crippen LogP contribution is 2.31. The first-order chi connectivity index (χ1) is 9.06. The molecule has 1 saturated carbocycles. The highest BCUT2D eigenvalue weighted by Gasteiger charge is 2.38. The number of nitrogens with zero attached hydrogens (tertiary/aromatic N) is 2. The van der Waals surface area contributed by atoms with E-state index in [0.29, 0.717) is 18.4 Å². The number of nitro groups is 1. The maximum atomic E-state index is 11.9. The molecule has 0 spiro atoms. The largest absolute Gasteiger partial charge is 0.338 e. The van der Waals surface area contributed by atoms with E-state index in [4.69, 9.17) is 5.26 Å². The minimum absolute atomic E-state index is 0.0720. The van der Waals surface area contributed by atoms with E-state index in [1.165, 1.54) is 6.07 Å². The molecule has 2 rings (SSSR count). The van der Waals surface area contributed by atoms with Crippen molar-refractivity contribution in [2.24, 2.45) is 0 Å². The summed E-state index contributed by atoms with van der Waals surface area (Å²) in [7, 11) is 0. The minimum atomic E-state index is -0.763. The van der Waals surface area contributed by atoms with E-state index in [0.717, 1.165) is 6.42 Å². The zero-order valence-electron chi connectivity index (χ0n) is 10.3. The van der Waals surface area contributed by atoms with Crippen molar-refractivity contribution in [2.45, 2.75) is 31.2 Å². The van der Waals surface area contributed by atoms with Crippen LogP contribution in [-0.2, 0) is 11.2 Å². The first kappa shape index (κ1) is 13.0. The lowest BCUT2D eigenvalue weighted by Gasteiger charge is -2.35. The standard InChI is InChI=1S/C13H13N3O3/c14-9-13(6-3-7-13)15-12(17)8-10-4-1-2-5-11(10)16(18)19/h1-2,4-5H,3,6-8H2,(H,15,17). The number of carbonyl (C=O) groups is 1. The van der Waals surface area contributed by atoms with Gasteiger partial charge in [0.1, 0.15) is 5.54 Å². The van der Waals surface area contributed by atoms with Gasteiger partial charge in [-0.15, -0.1) is 0 Å². The van der Waals surface area contributed by atoms with Crippen molar-refractivity contribution in [3.8, 4) is 6.07 Å². The van der Waals surface area contributed by atoms with E-state index in [1.54, 1.807) is 18.2 Å². The first-order valence-corrected chi connectivity index (χ1v) is 6.01. The molecule has 98 valence electrons. The van der Waals surface area contributed by atoms with Gasteiger partial charge in [0, 0.05) is 11.6 Å². The molecule has 0 saturated heterocycles. The molecule has 1 fully saturated rings. The summed E-state index contributed by atoms with van der Waals surface area (Å²) < 4.78 is 0. The summed E-state index contributed by atoms with van der Waals surface area (Å²) in [5.74, 6) is -0.351. The monoisotopic (exact) mass is 259 g/mol. The molecule has 6 heteroatoms. The second-order valence-corrected chi connectivity index (χ2v) is 4.66. The summed E-state index contributed by atoms with van der Waals surface area (Å²) in [6.07, 6.45) is 2.12. The van der Waals surface area contributed by atoms with Gasteiger partial charge in [0.05, 0.1) is 17.4 Å².